The summed E-state index contributed by atoms with van der Waals surface area (Å²) in [5.74, 6) is -0.467. The second-order valence-corrected chi connectivity index (χ2v) is 5.71. The fraction of sp³-hybridized carbons (Fsp3) is 0.417. The van der Waals surface area contributed by atoms with Crippen molar-refractivity contribution in [1.82, 2.24) is 4.72 Å². The number of aryl methyl sites for hydroxylation is 2. The van der Waals surface area contributed by atoms with Gasteiger partial charge in [0, 0.05) is 6.42 Å². The van der Waals surface area contributed by atoms with Gasteiger partial charge in [0.2, 0.25) is 5.91 Å². The molecule has 0 spiro atoms. The van der Waals surface area contributed by atoms with Crippen molar-refractivity contribution in [2.75, 3.05) is 0 Å². The third kappa shape index (κ3) is 3.56. The molecule has 0 unspecified atom stereocenters. The summed E-state index contributed by atoms with van der Waals surface area (Å²) < 4.78 is 25.8. The summed E-state index contributed by atoms with van der Waals surface area (Å²) >= 11 is 0. The summed E-state index contributed by atoms with van der Waals surface area (Å²) in [5, 5.41) is 0. The maximum atomic E-state index is 11.8. The summed E-state index contributed by atoms with van der Waals surface area (Å²) in [6, 6.07) is 4.80. The largest absolute Gasteiger partial charge is 0.274 e. The molecule has 94 valence electrons. The van der Waals surface area contributed by atoms with Crippen LogP contribution in [0.15, 0.2) is 23.1 Å². The van der Waals surface area contributed by atoms with Crippen molar-refractivity contribution in [3.8, 4) is 0 Å². The molecule has 0 atom stereocenters. The molecule has 0 aliphatic rings. The van der Waals surface area contributed by atoms with E-state index >= 15 is 0 Å². The van der Waals surface area contributed by atoms with E-state index in [1.54, 1.807) is 12.1 Å². The number of nitrogens with one attached hydrogen (secondary N) is 1. The Morgan fingerprint density at radius 2 is 1.88 bits per heavy atom. The summed E-state index contributed by atoms with van der Waals surface area (Å²) in [5.41, 5.74) is 1.90. The highest BCUT2D eigenvalue weighted by Gasteiger charge is 2.17. The average Bonchev–Trinajstić information content (AvgIpc) is 2.21. The zero-order valence-corrected chi connectivity index (χ0v) is 11.1. The van der Waals surface area contributed by atoms with E-state index in [-0.39, 0.29) is 11.3 Å². The van der Waals surface area contributed by atoms with Gasteiger partial charge in [-0.2, -0.15) is 0 Å². The topological polar surface area (TPSA) is 63.2 Å². The van der Waals surface area contributed by atoms with Crippen LogP contribution in [0.25, 0.3) is 0 Å². The van der Waals surface area contributed by atoms with Crippen LogP contribution >= 0.6 is 0 Å². The van der Waals surface area contributed by atoms with E-state index in [0.29, 0.717) is 6.42 Å². The first-order valence-corrected chi connectivity index (χ1v) is 6.98. The van der Waals surface area contributed by atoms with Crippen molar-refractivity contribution in [3.05, 3.63) is 29.3 Å². The highest BCUT2D eigenvalue weighted by atomic mass is 32.2. The van der Waals surface area contributed by atoms with Gasteiger partial charge >= 0.3 is 0 Å². The van der Waals surface area contributed by atoms with Crippen LogP contribution in [0.1, 0.15) is 30.9 Å². The first kappa shape index (κ1) is 13.7. The fourth-order valence-corrected chi connectivity index (χ4v) is 2.47. The van der Waals surface area contributed by atoms with Crippen molar-refractivity contribution in [2.24, 2.45) is 0 Å². The molecule has 1 aromatic carbocycles. The molecule has 0 radical (unpaired) electrons. The first-order chi connectivity index (χ1) is 7.86. The van der Waals surface area contributed by atoms with Crippen LogP contribution in [-0.4, -0.2) is 14.3 Å². The Kier molecular flexibility index (Phi) is 4.28. The normalized spacial score (nSPS) is 11.2. The van der Waals surface area contributed by atoms with E-state index in [1.165, 1.54) is 6.07 Å². The number of hydrogen-bond acceptors (Lipinski definition) is 3. The summed E-state index contributed by atoms with van der Waals surface area (Å²) in [7, 11) is -3.72. The van der Waals surface area contributed by atoms with Gasteiger partial charge in [0.05, 0.1) is 4.90 Å². The van der Waals surface area contributed by atoms with Gasteiger partial charge < -0.3 is 0 Å². The molecule has 1 N–H and O–H groups in total. The zero-order valence-electron chi connectivity index (χ0n) is 10.3. The molecular formula is C12H17NO3S. The molecule has 1 aromatic rings. The van der Waals surface area contributed by atoms with Gasteiger partial charge in [0.15, 0.2) is 0 Å². The Hall–Kier alpha value is -1.36. The molecule has 5 heteroatoms. The Bertz CT molecular complexity index is 521. The number of carbonyl (C=O) groups is 1. The average molecular weight is 255 g/mol. The molecule has 0 heterocycles. The van der Waals surface area contributed by atoms with E-state index in [2.05, 4.69) is 4.72 Å². The van der Waals surface area contributed by atoms with Crippen LogP contribution in [0.3, 0.4) is 0 Å². The highest BCUT2D eigenvalue weighted by Crippen LogP contribution is 2.14. The van der Waals surface area contributed by atoms with Crippen molar-refractivity contribution in [2.45, 2.75) is 38.5 Å². The molecule has 0 bridgehead atoms. The summed E-state index contributed by atoms with van der Waals surface area (Å²) in [6.45, 7) is 5.56. The van der Waals surface area contributed by atoms with Gasteiger partial charge in [-0.25, -0.2) is 13.1 Å². The number of rotatable bonds is 4. The lowest BCUT2D eigenvalue weighted by Crippen LogP contribution is -2.30. The minimum atomic E-state index is -3.72. The van der Waals surface area contributed by atoms with Gasteiger partial charge in [-0.15, -0.1) is 0 Å². The Labute approximate surface area is 102 Å². The summed E-state index contributed by atoms with van der Waals surface area (Å²) in [4.78, 5) is 11.4. The lowest BCUT2D eigenvalue weighted by molar-refractivity contribution is -0.119. The van der Waals surface area contributed by atoms with Gasteiger partial charge in [-0.05, 0) is 43.5 Å². The first-order valence-electron chi connectivity index (χ1n) is 5.49. The van der Waals surface area contributed by atoms with Gasteiger partial charge in [0.1, 0.15) is 0 Å². The van der Waals surface area contributed by atoms with Crippen LogP contribution in [0.4, 0.5) is 0 Å². The van der Waals surface area contributed by atoms with E-state index in [9.17, 15) is 13.2 Å². The van der Waals surface area contributed by atoms with Gasteiger partial charge in [0.25, 0.3) is 10.0 Å². The molecule has 0 fully saturated rings. The maximum absolute atomic E-state index is 11.8. The molecule has 0 aliphatic carbocycles. The molecule has 0 saturated heterocycles. The standard InChI is InChI=1S/C12H17NO3S/c1-4-5-12(14)13-17(15,16)11-7-6-9(2)10(3)8-11/h6-8H,4-5H2,1-3H3,(H,13,14). The minimum Gasteiger partial charge on any atom is -0.274 e. The third-order valence-electron chi connectivity index (χ3n) is 2.51. The molecule has 0 saturated carbocycles. The number of amides is 1. The number of hydrogen-bond donors (Lipinski definition) is 1. The van der Waals surface area contributed by atoms with Crippen molar-refractivity contribution in [3.63, 3.8) is 0 Å². The zero-order chi connectivity index (χ0) is 13.1. The monoisotopic (exact) mass is 255 g/mol. The Morgan fingerprint density at radius 1 is 1.24 bits per heavy atom. The van der Waals surface area contributed by atoms with E-state index in [4.69, 9.17) is 0 Å². The van der Waals surface area contributed by atoms with Gasteiger partial charge in [-0.1, -0.05) is 13.0 Å². The van der Waals surface area contributed by atoms with E-state index in [0.717, 1.165) is 11.1 Å². The molecule has 1 amide bonds. The lowest BCUT2D eigenvalue weighted by atomic mass is 10.1. The van der Waals surface area contributed by atoms with Crippen LogP contribution in [0.2, 0.25) is 0 Å². The van der Waals surface area contributed by atoms with Crippen LogP contribution < -0.4 is 4.72 Å². The van der Waals surface area contributed by atoms with E-state index in [1.807, 2.05) is 20.8 Å². The Morgan fingerprint density at radius 3 is 2.41 bits per heavy atom. The third-order valence-corrected chi connectivity index (χ3v) is 3.88. The van der Waals surface area contributed by atoms with Crippen molar-refractivity contribution < 1.29 is 13.2 Å². The SMILES string of the molecule is CCCC(=O)NS(=O)(=O)c1ccc(C)c(C)c1. The van der Waals surface area contributed by atoms with Crippen LogP contribution in [0, 0.1) is 13.8 Å². The maximum Gasteiger partial charge on any atom is 0.264 e. The van der Waals surface area contributed by atoms with Crippen molar-refractivity contribution in [1.29, 1.82) is 0 Å². The van der Waals surface area contributed by atoms with E-state index < -0.39 is 15.9 Å². The van der Waals surface area contributed by atoms with Crippen molar-refractivity contribution >= 4 is 15.9 Å². The summed E-state index contributed by atoms with van der Waals surface area (Å²) in [6.07, 6.45) is 0.832. The minimum absolute atomic E-state index is 0.130. The smallest absolute Gasteiger partial charge is 0.264 e. The molecule has 0 aromatic heterocycles. The molecule has 1 rings (SSSR count). The number of carbonyl (C=O) groups excluding carboxylic acids is 1. The number of sulfonamides is 1. The molecular weight excluding hydrogens is 238 g/mol. The van der Waals surface area contributed by atoms with Crippen LogP contribution in [0.5, 0.6) is 0 Å². The fourth-order valence-electron chi connectivity index (χ4n) is 1.37. The predicted molar refractivity (Wildman–Crippen MR) is 66.2 cm³/mol. The van der Waals surface area contributed by atoms with Crippen LogP contribution in [-0.2, 0) is 14.8 Å². The second-order valence-electron chi connectivity index (χ2n) is 4.02. The van der Waals surface area contributed by atoms with Gasteiger partial charge in [-0.3, -0.25) is 4.79 Å². The number of benzene rings is 1. The lowest BCUT2D eigenvalue weighted by Gasteiger charge is -2.08. The molecule has 17 heavy (non-hydrogen) atoms. The quantitative estimate of drug-likeness (QED) is 0.893. The molecule has 4 nitrogen and oxygen atoms in total. The molecule has 0 aliphatic heterocycles. The Balaban J connectivity index is 2.97. The second kappa shape index (κ2) is 5.31. The highest BCUT2D eigenvalue weighted by molar-refractivity contribution is 7.90. The predicted octanol–water partition coefficient (Wildman–Crippen LogP) is 1.91.